The minimum absolute atomic E-state index is 0.0677. The van der Waals surface area contributed by atoms with Gasteiger partial charge in [0.1, 0.15) is 6.54 Å². The van der Waals surface area contributed by atoms with Gasteiger partial charge in [-0.05, 0) is 36.8 Å². The summed E-state index contributed by atoms with van der Waals surface area (Å²) >= 11 is 0. The second kappa shape index (κ2) is 6.95. The molecule has 7 nitrogen and oxygen atoms in total. The van der Waals surface area contributed by atoms with Crippen molar-refractivity contribution in [3.63, 3.8) is 0 Å². The van der Waals surface area contributed by atoms with Gasteiger partial charge in [-0.25, -0.2) is 9.36 Å². The van der Waals surface area contributed by atoms with Gasteiger partial charge in [0.15, 0.2) is 0 Å². The van der Waals surface area contributed by atoms with Crippen LogP contribution in [0.25, 0.3) is 16.6 Å². The molecule has 7 heteroatoms. The molecule has 0 aliphatic carbocycles. The molecule has 0 saturated heterocycles. The number of nitrogens with one attached hydrogen (secondary N) is 2. The van der Waals surface area contributed by atoms with Gasteiger partial charge in [-0.2, -0.15) is 5.10 Å². The van der Waals surface area contributed by atoms with Crippen LogP contribution in [-0.2, 0) is 11.3 Å². The van der Waals surface area contributed by atoms with Crippen LogP contribution in [0.2, 0.25) is 0 Å². The van der Waals surface area contributed by atoms with E-state index < -0.39 is 0 Å². The maximum Gasteiger partial charge on any atom is 0.274 e. The van der Waals surface area contributed by atoms with Crippen molar-refractivity contribution in [3.8, 4) is 5.69 Å². The average molecular weight is 361 g/mol. The number of carbonyl (C=O) groups excluding carboxylic acids is 1. The number of nitrogens with zero attached hydrogens (tertiary/aromatic N) is 3. The van der Waals surface area contributed by atoms with E-state index in [1.807, 2.05) is 55.6 Å². The lowest BCUT2D eigenvalue weighted by Crippen LogP contribution is -2.33. The molecule has 1 atom stereocenters. The number of amides is 1. The van der Waals surface area contributed by atoms with Crippen molar-refractivity contribution in [2.45, 2.75) is 19.5 Å². The number of carbonyl (C=O) groups is 1. The van der Waals surface area contributed by atoms with Crippen molar-refractivity contribution in [1.82, 2.24) is 24.9 Å². The molecule has 0 aliphatic rings. The van der Waals surface area contributed by atoms with E-state index in [0.717, 1.165) is 11.3 Å². The van der Waals surface area contributed by atoms with Crippen LogP contribution in [0.1, 0.15) is 18.5 Å². The summed E-state index contributed by atoms with van der Waals surface area (Å²) in [6.45, 7) is 1.84. The fourth-order valence-electron chi connectivity index (χ4n) is 3.20. The molecule has 136 valence electrons. The molecule has 4 aromatic rings. The Morgan fingerprint density at radius 1 is 1.15 bits per heavy atom. The van der Waals surface area contributed by atoms with Gasteiger partial charge >= 0.3 is 0 Å². The van der Waals surface area contributed by atoms with Crippen LogP contribution < -0.4 is 10.9 Å². The Kier molecular flexibility index (Phi) is 4.33. The Bertz CT molecular complexity index is 1140. The van der Waals surface area contributed by atoms with Crippen LogP contribution in [0.15, 0.2) is 71.8 Å². The lowest BCUT2D eigenvalue weighted by molar-refractivity contribution is -0.122. The molecule has 1 amide bonds. The largest absolute Gasteiger partial charge is 0.348 e. The van der Waals surface area contributed by atoms with Crippen molar-refractivity contribution in [2.24, 2.45) is 0 Å². The summed E-state index contributed by atoms with van der Waals surface area (Å²) in [5.74, 6) is -0.244. The first-order valence-electron chi connectivity index (χ1n) is 8.69. The first-order chi connectivity index (χ1) is 13.1. The molecule has 0 saturated carbocycles. The summed E-state index contributed by atoms with van der Waals surface area (Å²) in [6, 6.07) is 16.6. The predicted molar refractivity (Wildman–Crippen MR) is 103 cm³/mol. The highest BCUT2D eigenvalue weighted by atomic mass is 16.2. The summed E-state index contributed by atoms with van der Waals surface area (Å²) in [5, 5.41) is 10.8. The maximum absolute atomic E-state index is 12.5. The highest BCUT2D eigenvalue weighted by Gasteiger charge is 2.16. The molecule has 2 aromatic heterocycles. The van der Waals surface area contributed by atoms with E-state index in [4.69, 9.17) is 0 Å². The van der Waals surface area contributed by atoms with Crippen LogP contribution in [0.4, 0.5) is 0 Å². The third kappa shape index (κ3) is 3.27. The smallest absolute Gasteiger partial charge is 0.274 e. The monoisotopic (exact) mass is 361 g/mol. The lowest BCUT2D eigenvalue weighted by Gasteiger charge is -2.18. The molecule has 27 heavy (non-hydrogen) atoms. The van der Waals surface area contributed by atoms with Crippen molar-refractivity contribution in [1.29, 1.82) is 0 Å². The van der Waals surface area contributed by atoms with E-state index >= 15 is 0 Å². The van der Waals surface area contributed by atoms with Gasteiger partial charge in [-0.1, -0.05) is 30.3 Å². The highest BCUT2D eigenvalue weighted by Crippen LogP contribution is 2.20. The second-order valence-electron chi connectivity index (χ2n) is 6.35. The third-order valence-corrected chi connectivity index (χ3v) is 4.49. The molecule has 2 N–H and O–H groups in total. The SMILES string of the molecule is CC(NC(=O)Cn1[nH]c2ccccc2c1=O)c1ccccc1-n1cccn1. The molecule has 0 fully saturated rings. The summed E-state index contributed by atoms with van der Waals surface area (Å²) in [6.07, 6.45) is 3.57. The highest BCUT2D eigenvalue weighted by molar-refractivity contribution is 5.80. The van der Waals surface area contributed by atoms with Gasteiger partial charge in [0.25, 0.3) is 5.56 Å². The number of para-hydroxylation sites is 2. The fraction of sp³-hybridized carbons (Fsp3) is 0.150. The molecular formula is C20H19N5O2. The fourth-order valence-corrected chi connectivity index (χ4v) is 3.20. The van der Waals surface area contributed by atoms with Gasteiger partial charge in [-0.3, -0.25) is 14.7 Å². The van der Waals surface area contributed by atoms with Crippen LogP contribution in [0.5, 0.6) is 0 Å². The Labute approximate surface area is 155 Å². The van der Waals surface area contributed by atoms with Crippen LogP contribution in [-0.4, -0.2) is 25.5 Å². The third-order valence-electron chi connectivity index (χ3n) is 4.49. The molecule has 0 bridgehead atoms. The number of rotatable bonds is 5. The van der Waals surface area contributed by atoms with Crippen LogP contribution in [0.3, 0.4) is 0 Å². The van der Waals surface area contributed by atoms with E-state index in [1.54, 1.807) is 23.0 Å². The number of benzene rings is 2. The lowest BCUT2D eigenvalue weighted by atomic mass is 10.1. The zero-order valence-electron chi connectivity index (χ0n) is 14.8. The molecule has 4 rings (SSSR count). The molecule has 1 unspecified atom stereocenters. The number of hydrogen-bond donors (Lipinski definition) is 2. The van der Waals surface area contributed by atoms with E-state index in [2.05, 4.69) is 15.5 Å². The molecule has 0 aliphatic heterocycles. The summed E-state index contributed by atoms with van der Waals surface area (Å²) in [7, 11) is 0. The number of aromatic nitrogens is 4. The zero-order valence-corrected chi connectivity index (χ0v) is 14.8. The average Bonchev–Trinajstić information content (AvgIpc) is 3.31. The first kappa shape index (κ1) is 16.8. The van der Waals surface area contributed by atoms with E-state index in [0.29, 0.717) is 10.9 Å². The minimum atomic E-state index is -0.244. The zero-order chi connectivity index (χ0) is 18.8. The van der Waals surface area contributed by atoms with Gasteiger partial charge in [0.05, 0.1) is 22.6 Å². The Morgan fingerprint density at radius 3 is 2.70 bits per heavy atom. The topological polar surface area (TPSA) is 84.7 Å². The number of hydrogen-bond acceptors (Lipinski definition) is 3. The normalized spacial score (nSPS) is 12.2. The standard InChI is InChI=1S/C20H19N5O2/c1-14(15-7-3-5-10-18(15)24-12-6-11-21-24)22-19(26)13-25-20(27)16-8-2-4-9-17(16)23-25/h2-12,14,23H,13H2,1H3,(H,22,26). The molecule has 0 spiro atoms. The van der Waals surface area contributed by atoms with Crippen LogP contribution >= 0.6 is 0 Å². The Morgan fingerprint density at radius 2 is 1.93 bits per heavy atom. The molecule has 0 radical (unpaired) electrons. The van der Waals surface area contributed by atoms with Crippen molar-refractivity contribution < 1.29 is 4.79 Å². The van der Waals surface area contributed by atoms with Crippen molar-refractivity contribution in [3.05, 3.63) is 82.9 Å². The van der Waals surface area contributed by atoms with Crippen LogP contribution in [0, 0.1) is 0 Å². The van der Waals surface area contributed by atoms with Gasteiger partial charge in [0.2, 0.25) is 5.91 Å². The molecule has 2 heterocycles. The van der Waals surface area contributed by atoms with Gasteiger partial charge in [0, 0.05) is 12.4 Å². The number of H-pyrrole nitrogens is 1. The maximum atomic E-state index is 12.5. The Balaban J connectivity index is 1.53. The van der Waals surface area contributed by atoms with Crippen molar-refractivity contribution >= 4 is 16.8 Å². The number of fused-ring (bicyclic) bond motifs is 1. The van der Waals surface area contributed by atoms with Gasteiger partial charge < -0.3 is 5.32 Å². The quantitative estimate of drug-likeness (QED) is 0.572. The van der Waals surface area contributed by atoms with E-state index in [9.17, 15) is 9.59 Å². The molecule has 2 aromatic carbocycles. The van der Waals surface area contributed by atoms with Crippen molar-refractivity contribution in [2.75, 3.05) is 0 Å². The summed E-state index contributed by atoms with van der Waals surface area (Å²) < 4.78 is 3.09. The van der Waals surface area contributed by atoms with E-state index in [1.165, 1.54) is 4.68 Å². The predicted octanol–water partition coefficient (Wildman–Crippen LogP) is 2.39. The Hall–Kier alpha value is -3.61. The summed E-state index contributed by atoms with van der Waals surface area (Å²) in [5.41, 5.74) is 2.36. The molecular weight excluding hydrogens is 342 g/mol. The van der Waals surface area contributed by atoms with E-state index in [-0.39, 0.29) is 24.1 Å². The van der Waals surface area contributed by atoms with Gasteiger partial charge in [-0.15, -0.1) is 0 Å². The first-order valence-corrected chi connectivity index (χ1v) is 8.69. The summed E-state index contributed by atoms with van der Waals surface area (Å²) in [4.78, 5) is 24.9. The minimum Gasteiger partial charge on any atom is -0.348 e. The number of aromatic amines is 1. The second-order valence-corrected chi connectivity index (χ2v) is 6.35.